The molecule has 168 valence electrons. The van der Waals surface area contributed by atoms with Crippen molar-refractivity contribution in [2.75, 3.05) is 20.3 Å². The first-order valence-electron chi connectivity index (χ1n) is 10.8. The standard InChI is InChI=1S/C25H34N2O4/c1-19(2)31-16-8-15-26-25(29)20(3)27(18-22-11-13-23(30-4)14-12-22)24(28)17-21-9-6-5-7-10-21/h5-7,9-14,19-20H,8,15-18H2,1-4H3,(H,26,29)/t20-/m0/s1. The van der Waals surface area contributed by atoms with E-state index in [1.54, 1.807) is 18.9 Å². The Morgan fingerprint density at radius 1 is 0.968 bits per heavy atom. The van der Waals surface area contributed by atoms with E-state index in [1.807, 2.05) is 68.4 Å². The molecular weight excluding hydrogens is 392 g/mol. The van der Waals surface area contributed by atoms with Gasteiger partial charge >= 0.3 is 0 Å². The summed E-state index contributed by atoms with van der Waals surface area (Å²) in [5, 5.41) is 2.93. The molecule has 0 saturated heterocycles. The molecule has 1 N–H and O–H groups in total. The van der Waals surface area contributed by atoms with Gasteiger partial charge in [-0.1, -0.05) is 42.5 Å². The Hall–Kier alpha value is -2.86. The second-order valence-electron chi connectivity index (χ2n) is 7.77. The predicted octanol–water partition coefficient (Wildman–Crippen LogP) is 3.59. The summed E-state index contributed by atoms with van der Waals surface area (Å²) in [5.74, 6) is 0.493. The third-order valence-electron chi connectivity index (χ3n) is 4.95. The number of rotatable bonds is 12. The summed E-state index contributed by atoms with van der Waals surface area (Å²) in [7, 11) is 1.61. The Morgan fingerprint density at radius 2 is 1.65 bits per heavy atom. The third-order valence-corrected chi connectivity index (χ3v) is 4.95. The number of ether oxygens (including phenoxy) is 2. The first kappa shape index (κ1) is 24.4. The number of methoxy groups -OCH3 is 1. The monoisotopic (exact) mass is 426 g/mol. The lowest BCUT2D eigenvalue weighted by atomic mass is 10.1. The fourth-order valence-corrected chi connectivity index (χ4v) is 3.13. The minimum atomic E-state index is -0.593. The van der Waals surface area contributed by atoms with Crippen LogP contribution < -0.4 is 10.1 Å². The van der Waals surface area contributed by atoms with E-state index >= 15 is 0 Å². The molecule has 6 heteroatoms. The van der Waals surface area contributed by atoms with Crippen molar-refractivity contribution in [3.63, 3.8) is 0 Å². The van der Waals surface area contributed by atoms with E-state index in [9.17, 15) is 9.59 Å². The van der Waals surface area contributed by atoms with Crippen LogP contribution in [0.25, 0.3) is 0 Å². The van der Waals surface area contributed by atoms with E-state index < -0.39 is 6.04 Å². The molecule has 31 heavy (non-hydrogen) atoms. The highest BCUT2D eigenvalue weighted by Crippen LogP contribution is 2.16. The van der Waals surface area contributed by atoms with Crippen LogP contribution in [0.5, 0.6) is 5.75 Å². The SMILES string of the molecule is COc1ccc(CN(C(=O)Cc2ccccc2)[C@@H](C)C(=O)NCCCOC(C)C)cc1. The quantitative estimate of drug-likeness (QED) is 0.527. The molecule has 0 aliphatic carbocycles. The minimum Gasteiger partial charge on any atom is -0.497 e. The van der Waals surface area contributed by atoms with E-state index in [2.05, 4.69) is 5.32 Å². The Kier molecular flexibility index (Phi) is 10.0. The van der Waals surface area contributed by atoms with Crippen molar-refractivity contribution >= 4 is 11.8 Å². The van der Waals surface area contributed by atoms with Gasteiger partial charge in [-0.15, -0.1) is 0 Å². The summed E-state index contributed by atoms with van der Waals surface area (Å²) < 4.78 is 10.7. The zero-order chi connectivity index (χ0) is 22.6. The molecule has 0 spiro atoms. The predicted molar refractivity (Wildman–Crippen MR) is 122 cm³/mol. The van der Waals surface area contributed by atoms with E-state index in [0.717, 1.165) is 23.3 Å². The summed E-state index contributed by atoms with van der Waals surface area (Å²) in [4.78, 5) is 27.5. The highest BCUT2D eigenvalue weighted by atomic mass is 16.5. The van der Waals surface area contributed by atoms with Crippen LogP contribution in [0.3, 0.4) is 0 Å². The van der Waals surface area contributed by atoms with Gasteiger partial charge in [0.2, 0.25) is 11.8 Å². The van der Waals surface area contributed by atoms with Crippen molar-refractivity contribution in [2.24, 2.45) is 0 Å². The largest absolute Gasteiger partial charge is 0.497 e. The van der Waals surface area contributed by atoms with Crippen LogP contribution in [0.1, 0.15) is 38.3 Å². The number of carbonyl (C=O) groups excluding carboxylic acids is 2. The molecule has 0 aliphatic rings. The fourth-order valence-electron chi connectivity index (χ4n) is 3.13. The van der Waals surface area contributed by atoms with Gasteiger partial charge in [0.25, 0.3) is 0 Å². The molecule has 1 atom stereocenters. The molecule has 0 unspecified atom stereocenters. The van der Waals surface area contributed by atoms with E-state index in [-0.39, 0.29) is 24.3 Å². The topological polar surface area (TPSA) is 67.9 Å². The van der Waals surface area contributed by atoms with Crippen LogP contribution in [0.2, 0.25) is 0 Å². The minimum absolute atomic E-state index is 0.0900. The second kappa shape index (κ2) is 12.7. The highest BCUT2D eigenvalue weighted by Gasteiger charge is 2.26. The summed E-state index contributed by atoms with van der Waals surface area (Å²) in [6.07, 6.45) is 1.15. The average Bonchev–Trinajstić information content (AvgIpc) is 2.77. The molecule has 2 aromatic rings. The number of amides is 2. The number of nitrogens with zero attached hydrogens (tertiary/aromatic N) is 1. The normalized spacial score (nSPS) is 11.8. The smallest absolute Gasteiger partial charge is 0.242 e. The molecule has 2 rings (SSSR count). The maximum atomic E-state index is 13.1. The number of hydrogen-bond donors (Lipinski definition) is 1. The van der Waals surface area contributed by atoms with Gasteiger partial charge in [-0.3, -0.25) is 9.59 Å². The third kappa shape index (κ3) is 8.42. The van der Waals surface area contributed by atoms with Crippen LogP contribution >= 0.6 is 0 Å². The van der Waals surface area contributed by atoms with Gasteiger partial charge in [0.15, 0.2) is 0 Å². The summed E-state index contributed by atoms with van der Waals surface area (Å²) in [6.45, 7) is 7.19. The Labute approximate surface area is 185 Å². The zero-order valence-corrected chi connectivity index (χ0v) is 19.0. The molecule has 6 nitrogen and oxygen atoms in total. The first-order chi connectivity index (χ1) is 14.9. The van der Waals surface area contributed by atoms with Crippen LogP contribution in [-0.4, -0.2) is 49.1 Å². The number of benzene rings is 2. The molecule has 2 aromatic carbocycles. The highest BCUT2D eigenvalue weighted by molar-refractivity contribution is 5.88. The summed E-state index contributed by atoms with van der Waals surface area (Å²) in [6, 6.07) is 16.5. The van der Waals surface area contributed by atoms with Crippen LogP contribution in [0.4, 0.5) is 0 Å². The van der Waals surface area contributed by atoms with E-state index in [0.29, 0.717) is 19.7 Å². The summed E-state index contributed by atoms with van der Waals surface area (Å²) in [5.41, 5.74) is 1.86. The van der Waals surface area contributed by atoms with Crippen molar-refractivity contribution in [1.29, 1.82) is 0 Å². The maximum Gasteiger partial charge on any atom is 0.242 e. The van der Waals surface area contributed by atoms with E-state index in [1.165, 1.54) is 0 Å². The maximum absolute atomic E-state index is 13.1. The molecule has 0 radical (unpaired) electrons. The van der Waals surface area contributed by atoms with Crippen LogP contribution in [0, 0.1) is 0 Å². The van der Waals surface area contributed by atoms with Crippen molar-refractivity contribution < 1.29 is 19.1 Å². The lowest BCUT2D eigenvalue weighted by Crippen LogP contribution is -2.48. The number of carbonyl (C=O) groups is 2. The van der Waals surface area contributed by atoms with Crippen LogP contribution in [-0.2, 0) is 27.3 Å². The van der Waals surface area contributed by atoms with E-state index in [4.69, 9.17) is 9.47 Å². The van der Waals surface area contributed by atoms with Gasteiger partial charge in [0.05, 0.1) is 19.6 Å². The Morgan fingerprint density at radius 3 is 2.26 bits per heavy atom. The number of hydrogen-bond acceptors (Lipinski definition) is 4. The zero-order valence-electron chi connectivity index (χ0n) is 19.0. The average molecular weight is 427 g/mol. The van der Waals surface area contributed by atoms with Crippen molar-refractivity contribution in [1.82, 2.24) is 10.2 Å². The van der Waals surface area contributed by atoms with Gasteiger partial charge < -0.3 is 19.7 Å². The van der Waals surface area contributed by atoms with Gasteiger partial charge in [0.1, 0.15) is 11.8 Å². The van der Waals surface area contributed by atoms with Gasteiger partial charge in [-0.2, -0.15) is 0 Å². The molecule has 0 fully saturated rings. The Bertz CT molecular complexity index is 806. The number of nitrogens with one attached hydrogen (secondary N) is 1. The molecule has 2 amide bonds. The first-order valence-corrected chi connectivity index (χ1v) is 10.8. The molecule has 0 aromatic heterocycles. The van der Waals surface area contributed by atoms with Crippen LogP contribution in [0.15, 0.2) is 54.6 Å². The second-order valence-corrected chi connectivity index (χ2v) is 7.77. The Balaban J connectivity index is 2.05. The van der Waals surface area contributed by atoms with Gasteiger partial charge in [0, 0.05) is 19.7 Å². The molecule has 0 aliphatic heterocycles. The van der Waals surface area contributed by atoms with Gasteiger partial charge in [-0.25, -0.2) is 0 Å². The van der Waals surface area contributed by atoms with Gasteiger partial charge in [-0.05, 0) is 50.5 Å². The molecule has 0 bridgehead atoms. The molecular formula is C25H34N2O4. The van der Waals surface area contributed by atoms with Crippen molar-refractivity contribution in [3.05, 3.63) is 65.7 Å². The molecule has 0 saturated carbocycles. The van der Waals surface area contributed by atoms with Crippen molar-refractivity contribution in [3.8, 4) is 5.75 Å². The van der Waals surface area contributed by atoms with Crippen molar-refractivity contribution in [2.45, 2.75) is 52.3 Å². The molecule has 0 heterocycles. The fraction of sp³-hybridized carbons (Fsp3) is 0.440. The lowest BCUT2D eigenvalue weighted by molar-refractivity contribution is -0.140. The lowest BCUT2D eigenvalue weighted by Gasteiger charge is -2.29. The summed E-state index contributed by atoms with van der Waals surface area (Å²) >= 11 is 0.